The lowest BCUT2D eigenvalue weighted by Crippen LogP contribution is -2.46. The molecule has 2 atom stereocenters. The van der Waals surface area contributed by atoms with Crippen molar-refractivity contribution >= 4 is 0 Å². The summed E-state index contributed by atoms with van der Waals surface area (Å²) < 4.78 is 0. The van der Waals surface area contributed by atoms with Gasteiger partial charge in [0.2, 0.25) is 0 Å². The van der Waals surface area contributed by atoms with Gasteiger partial charge in [0.15, 0.2) is 0 Å². The highest BCUT2D eigenvalue weighted by Gasteiger charge is 2.35. The lowest BCUT2D eigenvalue weighted by molar-refractivity contribution is 0.0874. The Hall–Kier alpha value is -0.0800. The maximum atomic E-state index is 5.69. The molecule has 0 aromatic carbocycles. The molecule has 0 radical (unpaired) electrons. The van der Waals surface area contributed by atoms with Crippen molar-refractivity contribution in [3.8, 4) is 0 Å². The van der Waals surface area contributed by atoms with Crippen LogP contribution >= 0.6 is 0 Å². The first-order chi connectivity index (χ1) is 6.83. The van der Waals surface area contributed by atoms with Gasteiger partial charge in [0, 0.05) is 12.1 Å². The van der Waals surface area contributed by atoms with Crippen LogP contribution in [0.2, 0.25) is 0 Å². The van der Waals surface area contributed by atoms with E-state index >= 15 is 0 Å². The molecule has 0 aromatic heterocycles. The molecule has 82 valence electrons. The van der Waals surface area contributed by atoms with Crippen LogP contribution in [0.4, 0.5) is 0 Å². The largest absolute Gasteiger partial charge is 0.330 e. The molecule has 2 rings (SSSR count). The predicted octanol–water partition coefficient (Wildman–Crippen LogP) is 1.99. The lowest BCUT2D eigenvalue weighted by atomic mass is 9.96. The van der Waals surface area contributed by atoms with Gasteiger partial charge in [-0.25, -0.2) is 0 Å². The number of rotatable bonds is 4. The second-order valence-corrected chi connectivity index (χ2v) is 5.04. The Morgan fingerprint density at radius 1 is 1.29 bits per heavy atom. The minimum atomic E-state index is 0.796. The second kappa shape index (κ2) is 4.63. The van der Waals surface area contributed by atoms with Gasteiger partial charge in [-0.3, -0.25) is 4.90 Å². The maximum absolute atomic E-state index is 5.69. The van der Waals surface area contributed by atoms with Gasteiger partial charge in [0.1, 0.15) is 0 Å². The first-order valence-electron chi connectivity index (χ1n) is 6.28. The van der Waals surface area contributed by atoms with E-state index in [0.29, 0.717) is 0 Å². The van der Waals surface area contributed by atoms with E-state index in [9.17, 15) is 0 Å². The van der Waals surface area contributed by atoms with E-state index in [-0.39, 0.29) is 0 Å². The number of hydrogen-bond donors (Lipinski definition) is 1. The van der Waals surface area contributed by atoms with Gasteiger partial charge in [-0.2, -0.15) is 0 Å². The summed E-state index contributed by atoms with van der Waals surface area (Å²) in [6.07, 6.45) is 8.34. The summed E-state index contributed by atoms with van der Waals surface area (Å²) in [5.41, 5.74) is 5.69. The molecule has 2 aliphatic rings. The summed E-state index contributed by atoms with van der Waals surface area (Å²) in [5, 5.41) is 0. The van der Waals surface area contributed by atoms with Gasteiger partial charge in [-0.05, 0) is 58.0 Å². The van der Waals surface area contributed by atoms with Crippen molar-refractivity contribution in [1.82, 2.24) is 4.90 Å². The van der Waals surface area contributed by atoms with Crippen molar-refractivity contribution < 1.29 is 0 Å². The van der Waals surface area contributed by atoms with Crippen LogP contribution in [-0.4, -0.2) is 30.1 Å². The Bertz CT molecular complexity index is 175. The van der Waals surface area contributed by atoms with Gasteiger partial charge in [-0.1, -0.05) is 6.42 Å². The maximum Gasteiger partial charge on any atom is 0.0110 e. The molecule has 0 aromatic rings. The Balaban J connectivity index is 1.90. The number of hydrogen-bond acceptors (Lipinski definition) is 2. The fourth-order valence-electron chi connectivity index (χ4n) is 2.91. The number of nitrogens with zero attached hydrogens (tertiary/aromatic N) is 1. The third-order valence-electron chi connectivity index (χ3n) is 4.00. The van der Waals surface area contributed by atoms with Crippen molar-refractivity contribution in [2.45, 2.75) is 57.5 Å². The molecular weight excluding hydrogens is 172 g/mol. The smallest absolute Gasteiger partial charge is 0.0110 e. The van der Waals surface area contributed by atoms with Crippen molar-refractivity contribution in [2.75, 3.05) is 13.1 Å². The number of nitrogens with two attached hydrogens (primary N) is 1. The van der Waals surface area contributed by atoms with Crippen LogP contribution in [0.15, 0.2) is 0 Å². The molecule has 2 heteroatoms. The molecule has 2 unspecified atom stereocenters. The van der Waals surface area contributed by atoms with Gasteiger partial charge >= 0.3 is 0 Å². The van der Waals surface area contributed by atoms with Crippen LogP contribution in [0.25, 0.3) is 0 Å². The molecule has 0 bridgehead atoms. The molecule has 1 saturated carbocycles. The predicted molar refractivity (Wildman–Crippen MR) is 60.2 cm³/mol. The molecule has 1 heterocycles. The van der Waals surface area contributed by atoms with E-state index in [1.165, 1.54) is 45.1 Å². The Labute approximate surface area is 87.8 Å². The van der Waals surface area contributed by atoms with Gasteiger partial charge in [-0.15, -0.1) is 0 Å². The normalized spacial score (nSPS) is 31.7. The van der Waals surface area contributed by atoms with Crippen LogP contribution in [0.3, 0.4) is 0 Å². The van der Waals surface area contributed by atoms with Crippen LogP contribution in [0.5, 0.6) is 0 Å². The zero-order chi connectivity index (χ0) is 9.97. The van der Waals surface area contributed by atoms with Gasteiger partial charge in [0.05, 0.1) is 0 Å². The van der Waals surface area contributed by atoms with Crippen molar-refractivity contribution in [3.05, 3.63) is 0 Å². The zero-order valence-electron chi connectivity index (χ0n) is 9.41. The van der Waals surface area contributed by atoms with Crippen molar-refractivity contribution in [3.63, 3.8) is 0 Å². The molecule has 2 fully saturated rings. The highest BCUT2D eigenvalue weighted by Crippen LogP contribution is 2.37. The zero-order valence-corrected chi connectivity index (χ0v) is 9.41. The van der Waals surface area contributed by atoms with Crippen LogP contribution in [-0.2, 0) is 0 Å². The first-order valence-corrected chi connectivity index (χ1v) is 6.28. The van der Waals surface area contributed by atoms with E-state index in [4.69, 9.17) is 5.73 Å². The molecular formula is C12H24N2. The third kappa shape index (κ3) is 2.29. The quantitative estimate of drug-likeness (QED) is 0.745. The topological polar surface area (TPSA) is 29.3 Å². The monoisotopic (exact) mass is 196 g/mol. The highest BCUT2D eigenvalue weighted by atomic mass is 15.2. The van der Waals surface area contributed by atoms with E-state index in [1.807, 2.05) is 0 Å². The average Bonchev–Trinajstić information content (AvgIpc) is 3.01. The van der Waals surface area contributed by atoms with Gasteiger partial charge in [0.25, 0.3) is 0 Å². The highest BCUT2D eigenvalue weighted by molar-refractivity contribution is 4.89. The summed E-state index contributed by atoms with van der Waals surface area (Å²) in [6, 6.07) is 1.62. The minimum Gasteiger partial charge on any atom is -0.330 e. The summed E-state index contributed by atoms with van der Waals surface area (Å²) in [7, 11) is 0. The first kappa shape index (κ1) is 10.4. The molecule has 2 N–H and O–H groups in total. The summed E-state index contributed by atoms with van der Waals surface area (Å²) >= 11 is 0. The van der Waals surface area contributed by atoms with Crippen LogP contribution in [0.1, 0.15) is 45.4 Å². The van der Waals surface area contributed by atoms with Crippen LogP contribution in [0, 0.1) is 5.92 Å². The third-order valence-corrected chi connectivity index (χ3v) is 4.00. The van der Waals surface area contributed by atoms with E-state index in [1.54, 1.807) is 0 Å². The average molecular weight is 196 g/mol. The standard InChI is InChI=1S/C12H24N2/c1-10(11-5-6-11)14-9-3-2-4-12(14)7-8-13/h10-12H,2-9,13H2,1H3. The molecule has 1 aliphatic carbocycles. The van der Waals surface area contributed by atoms with E-state index in [0.717, 1.165) is 24.5 Å². The SMILES string of the molecule is CC(C1CC1)N1CCCCC1CCN. The Morgan fingerprint density at radius 3 is 2.71 bits per heavy atom. The van der Waals surface area contributed by atoms with E-state index in [2.05, 4.69) is 11.8 Å². The second-order valence-electron chi connectivity index (χ2n) is 5.04. The summed E-state index contributed by atoms with van der Waals surface area (Å²) in [5.74, 6) is 1.01. The fourth-order valence-corrected chi connectivity index (χ4v) is 2.91. The lowest BCUT2D eigenvalue weighted by Gasteiger charge is -2.40. The number of likely N-dealkylation sites (tertiary alicyclic amines) is 1. The van der Waals surface area contributed by atoms with E-state index < -0.39 is 0 Å². The van der Waals surface area contributed by atoms with Crippen LogP contribution < -0.4 is 5.73 Å². The molecule has 0 amide bonds. The summed E-state index contributed by atoms with van der Waals surface area (Å²) in [4.78, 5) is 2.74. The van der Waals surface area contributed by atoms with Crippen molar-refractivity contribution in [2.24, 2.45) is 11.7 Å². The Morgan fingerprint density at radius 2 is 2.07 bits per heavy atom. The minimum absolute atomic E-state index is 0.796. The van der Waals surface area contributed by atoms with Gasteiger partial charge < -0.3 is 5.73 Å². The molecule has 1 saturated heterocycles. The molecule has 0 spiro atoms. The number of piperidine rings is 1. The molecule has 14 heavy (non-hydrogen) atoms. The summed E-state index contributed by atoms with van der Waals surface area (Å²) in [6.45, 7) is 4.60. The fraction of sp³-hybridized carbons (Fsp3) is 1.00. The molecule has 1 aliphatic heterocycles. The van der Waals surface area contributed by atoms with Crippen molar-refractivity contribution in [1.29, 1.82) is 0 Å². The molecule has 2 nitrogen and oxygen atoms in total. The Kier molecular flexibility index (Phi) is 3.45.